The smallest absolute Gasteiger partial charge is 0.251 e. The summed E-state index contributed by atoms with van der Waals surface area (Å²) < 4.78 is 4.84. The van der Waals surface area contributed by atoms with Crippen LogP contribution in [0.15, 0.2) is 24.3 Å². The zero-order valence-electron chi connectivity index (χ0n) is 10.4. The van der Waals surface area contributed by atoms with E-state index in [2.05, 4.69) is 10.8 Å². The highest BCUT2D eigenvalue weighted by atomic mass is 16.7. The molecule has 0 aromatic heterocycles. The normalized spacial score (nSPS) is 17.7. The standard InChI is InChI=1S/C13H18N2O3/c1-17-8-9-18-15-13(16)11-6-7-14-12-5-3-2-4-10(11)12/h2-5,11,14H,6-9H2,1H3,(H,15,16). The minimum Gasteiger partial charge on any atom is -0.385 e. The second-order valence-electron chi connectivity index (χ2n) is 4.16. The van der Waals surface area contributed by atoms with Crippen LogP contribution in [-0.4, -0.2) is 32.8 Å². The van der Waals surface area contributed by atoms with Crippen molar-refractivity contribution in [2.45, 2.75) is 12.3 Å². The van der Waals surface area contributed by atoms with Gasteiger partial charge >= 0.3 is 0 Å². The number of nitrogens with one attached hydrogen (secondary N) is 2. The first-order valence-electron chi connectivity index (χ1n) is 6.06. The van der Waals surface area contributed by atoms with Crippen molar-refractivity contribution >= 4 is 11.6 Å². The summed E-state index contributed by atoms with van der Waals surface area (Å²) >= 11 is 0. The lowest BCUT2D eigenvalue weighted by Crippen LogP contribution is -2.33. The van der Waals surface area contributed by atoms with Gasteiger partial charge in [-0.15, -0.1) is 0 Å². The summed E-state index contributed by atoms with van der Waals surface area (Å²) in [5.41, 5.74) is 4.53. The number of para-hydroxylation sites is 1. The number of hydroxylamine groups is 1. The average Bonchev–Trinajstić information content (AvgIpc) is 2.43. The molecule has 1 aliphatic rings. The van der Waals surface area contributed by atoms with E-state index in [0.717, 1.165) is 24.2 Å². The Balaban J connectivity index is 1.95. The predicted octanol–water partition coefficient (Wildman–Crippen LogP) is 1.28. The van der Waals surface area contributed by atoms with Gasteiger partial charge in [0.25, 0.3) is 5.91 Å². The van der Waals surface area contributed by atoms with Gasteiger partial charge in [0, 0.05) is 19.3 Å². The molecule has 0 saturated carbocycles. The van der Waals surface area contributed by atoms with E-state index in [-0.39, 0.29) is 11.8 Å². The maximum Gasteiger partial charge on any atom is 0.251 e. The third kappa shape index (κ3) is 3.00. The number of fused-ring (bicyclic) bond motifs is 1. The molecular weight excluding hydrogens is 232 g/mol. The third-order valence-corrected chi connectivity index (χ3v) is 2.96. The van der Waals surface area contributed by atoms with Gasteiger partial charge in [-0.1, -0.05) is 18.2 Å². The van der Waals surface area contributed by atoms with Crippen LogP contribution in [0.3, 0.4) is 0 Å². The molecule has 5 heteroatoms. The molecule has 1 aromatic carbocycles. The summed E-state index contributed by atoms with van der Waals surface area (Å²) in [4.78, 5) is 17.1. The fourth-order valence-corrected chi connectivity index (χ4v) is 2.06. The number of carbonyl (C=O) groups excluding carboxylic acids is 1. The van der Waals surface area contributed by atoms with E-state index in [9.17, 15) is 4.79 Å². The Morgan fingerprint density at radius 1 is 1.44 bits per heavy atom. The molecule has 0 saturated heterocycles. The summed E-state index contributed by atoms with van der Waals surface area (Å²) in [5.74, 6) is -0.245. The van der Waals surface area contributed by atoms with Gasteiger partial charge in [0.15, 0.2) is 0 Å². The van der Waals surface area contributed by atoms with Gasteiger partial charge < -0.3 is 10.1 Å². The second kappa shape index (κ2) is 6.37. The van der Waals surface area contributed by atoms with Crippen molar-refractivity contribution in [2.75, 3.05) is 32.2 Å². The number of carbonyl (C=O) groups is 1. The van der Waals surface area contributed by atoms with Gasteiger partial charge in [-0.05, 0) is 18.1 Å². The topological polar surface area (TPSA) is 59.6 Å². The predicted molar refractivity (Wildman–Crippen MR) is 68.3 cm³/mol. The number of hydrogen-bond acceptors (Lipinski definition) is 4. The molecule has 1 aromatic rings. The number of methoxy groups -OCH3 is 1. The molecule has 1 amide bonds. The van der Waals surface area contributed by atoms with Crippen LogP contribution in [0.2, 0.25) is 0 Å². The highest BCUT2D eigenvalue weighted by Gasteiger charge is 2.26. The van der Waals surface area contributed by atoms with E-state index in [1.54, 1.807) is 7.11 Å². The summed E-state index contributed by atoms with van der Waals surface area (Å²) in [6.07, 6.45) is 0.774. The quantitative estimate of drug-likeness (QED) is 0.610. The van der Waals surface area contributed by atoms with Crippen molar-refractivity contribution in [1.29, 1.82) is 0 Å². The van der Waals surface area contributed by atoms with E-state index < -0.39 is 0 Å². The Hall–Kier alpha value is -1.59. The maximum absolute atomic E-state index is 12.0. The molecule has 0 spiro atoms. The molecule has 2 N–H and O–H groups in total. The van der Waals surface area contributed by atoms with E-state index in [1.807, 2.05) is 24.3 Å². The first-order chi connectivity index (χ1) is 8.83. The Labute approximate surface area is 106 Å². The fraction of sp³-hybridized carbons (Fsp3) is 0.462. The highest BCUT2D eigenvalue weighted by Crippen LogP contribution is 2.31. The number of rotatable bonds is 5. The lowest BCUT2D eigenvalue weighted by Gasteiger charge is -2.25. The average molecular weight is 250 g/mol. The van der Waals surface area contributed by atoms with Crippen molar-refractivity contribution in [2.24, 2.45) is 0 Å². The molecule has 18 heavy (non-hydrogen) atoms. The van der Waals surface area contributed by atoms with E-state index in [0.29, 0.717) is 13.2 Å². The Morgan fingerprint density at radius 2 is 2.28 bits per heavy atom. The molecule has 1 atom stereocenters. The van der Waals surface area contributed by atoms with E-state index in [4.69, 9.17) is 9.57 Å². The van der Waals surface area contributed by atoms with Gasteiger partial charge in [-0.2, -0.15) is 0 Å². The summed E-state index contributed by atoms with van der Waals surface area (Å²) in [6, 6.07) is 7.86. The molecule has 98 valence electrons. The molecule has 1 aliphatic heterocycles. The van der Waals surface area contributed by atoms with Crippen LogP contribution in [0.5, 0.6) is 0 Å². The highest BCUT2D eigenvalue weighted by molar-refractivity contribution is 5.85. The van der Waals surface area contributed by atoms with Crippen LogP contribution in [0.1, 0.15) is 17.9 Å². The third-order valence-electron chi connectivity index (χ3n) is 2.96. The molecular formula is C13H18N2O3. The molecule has 0 bridgehead atoms. The number of ether oxygens (including phenoxy) is 1. The lowest BCUT2D eigenvalue weighted by atomic mass is 9.90. The summed E-state index contributed by atoms with van der Waals surface area (Å²) in [7, 11) is 1.59. The summed E-state index contributed by atoms with van der Waals surface area (Å²) in [6.45, 7) is 1.62. The Morgan fingerprint density at radius 3 is 3.11 bits per heavy atom. The number of anilines is 1. The molecule has 0 radical (unpaired) electrons. The maximum atomic E-state index is 12.0. The second-order valence-corrected chi connectivity index (χ2v) is 4.16. The molecule has 1 heterocycles. The van der Waals surface area contributed by atoms with E-state index in [1.165, 1.54) is 0 Å². The lowest BCUT2D eigenvalue weighted by molar-refractivity contribution is -0.136. The molecule has 1 unspecified atom stereocenters. The van der Waals surface area contributed by atoms with Crippen molar-refractivity contribution in [3.8, 4) is 0 Å². The SMILES string of the molecule is COCCONC(=O)C1CCNc2ccccc21. The van der Waals surface area contributed by atoms with Crippen molar-refractivity contribution in [3.63, 3.8) is 0 Å². The molecule has 2 rings (SSSR count). The first-order valence-corrected chi connectivity index (χ1v) is 6.06. The van der Waals surface area contributed by atoms with Crippen LogP contribution >= 0.6 is 0 Å². The van der Waals surface area contributed by atoms with Gasteiger partial charge in [0.05, 0.1) is 19.1 Å². The largest absolute Gasteiger partial charge is 0.385 e. The Bertz CT molecular complexity index is 409. The van der Waals surface area contributed by atoms with Crippen LogP contribution < -0.4 is 10.8 Å². The number of amides is 1. The molecule has 5 nitrogen and oxygen atoms in total. The minimum absolute atomic E-state index is 0.0972. The van der Waals surface area contributed by atoms with Gasteiger partial charge in [-0.3, -0.25) is 9.63 Å². The van der Waals surface area contributed by atoms with Crippen LogP contribution in [0, 0.1) is 0 Å². The van der Waals surface area contributed by atoms with Gasteiger partial charge in [0.2, 0.25) is 0 Å². The van der Waals surface area contributed by atoms with E-state index >= 15 is 0 Å². The van der Waals surface area contributed by atoms with Crippen LogP contribution in [0.25, 0.3) is 0 Å². The fourth-order valence-electron chi connectivity index (χ4n) is 2.06. The minimum atomic E-state index is -0.148. The summed E-state index contributed by atoms with van der Waals surface area (Å²) in [5, 5.41) is 3.28. The van der Waals surface area contributed by atoms with Crippen LogP contribution in [0.4, 0.5) is 5.69 Å². The van der Waals surface area contributed by atoms with Gasteiger partial charge in [-0.25, -0.2) is 5.48 Å². The van der Waals surface area contributed by atoms with Crippen molar-refractivity contribution in [1.82, 2.24) is 5.48 Å². The number of benzene rings is 1. The molecule has 0 aliphatic carbocycles. The van der Waals surface area contributed by atoms with Gasteiger partial charge in [0.1, 0.15) is 0 Å². The van der Waals surface area contributed by atoms with Crippen molar-refractivity contribution < 1.29 is 14.4 Å². The number of hydrogen-bond donors (Lipinski definition) is 2. The van der Waals surface area contributed by atoms with Crippen molar-refractivity contribution in [3.05, 3.63) is 29.8 Å². The Kier molecular flexibility index (Phi) is 4.55. The zero-order chi connectivity index (χ0) is 12.8. The monoisotopic (exact) mass is 250 g/mol. The van der Waals surface area contributed by atoms with Crippen LogP contribution in [-0.2, 0) is 14.4 Å². The molecule has 0 fully saturated rings. The first kappa shape index (κ1) is 12.9. The zero-order valence-corrected chi connectivity index (χ0v) is 10.4.